The van der Waals surface area contributed by atoms with E-state index in [2.05, 4.69) is 25.3 Å². The van der Waals surface area contributed by atoms with E-state index < -0.39 is 50.8 Å². The topological polar surface area (TPSA) is 199 Å². The molecule has 0 aliphatic carbocycles. The molecule has 14 heteroatoms. The van der Waals surface area contributed by atoms with E-state index in [1.807, 2.05) is 0 Å². The van der Waals surface area contributed by atoms with Gasteiger partial charge in [-0.05, 0) is 0 Å². The fourth-order valence-corrected chi connectivity index (χ4v) is 2.14. The molecule has 1 aliphatic rings. The van der Waals surface area contributed by atoms with E-state index >= 15 is 0 Å². The molecule has 4 atom stereocenters. The van der Waals surface area contributed by atoms with Crippen LogP contribution in [-0.4, -0.2) is 65.7 Å². The fourth-order valence-electron chi connectivity index (χ4n) is 1.80. The fraction of sp³-hybridized carbons (Fsp3) is 0.625. The molecule has 22 heavy (non-hydrogen) atoms. The molecular weight excluding hydrogens is 327 g/mol. The number of aromatic nitrogens is 3. The van der Waals surface area contributed by atoms with E-state index in [1.54, 1.807) is 0 Å². The van der Waals surface area contributed by atoms with Crippen LogP contribution in [0.25, 0.3) is 0 Å². The van der Waals surface area contributed by atoms with Gasteiger partial charge < -0.3 is 29.6 Å². The van der Waals surface area contributed by atoms with E-state index in [1.165, 1.54) is 0 Å². The molecule has 6 N–H and O–H groups in total. The summed E-state index contributed by atoms with van der Waals surface area (Å²) in [5, 5.41) is 23.3. The standard InChI is InChI=1S/C8H13N4O9P/c9-21-8(15)6-10-2-12(11-6)7-5(14)4(13)3(20-7)1-19-22(16,17)18/h2-5,7,13-14H,1,9H2,(H2,16,17,18). The summed E-state index contributed by atoms with van der Waals surface area (Å²) in [6.07, 6.45) is -4.42. The number of rotatable bonds is 5. The average Bonchev–Trinajstić information content (AvgIpc) is 3.02. The van der Waals surface area contributed by atoms with Gasteiger partial charge in [0.15, 0.2) is 6.23 Å². The quantitative estimate of drug-likeness (QED) is 0.270. The first kappa shape index (κ1) is 16.9. The predicted octanol–water partition coefficient (Wildman–Crippen LogP) is -2.96. The molecule has 4 unspecified atom stereocenters. The lowest BCUT2D eigenvalue weighted by molar-refractivity contribution is -0.0582. The Kier molecular flexibility index (Phi) is 4.89. The average molecular weight is 340 g/mol. The first-order valence-electron chi connectivity index (χ1n) is 5.77. The van der Waals surface area contributed by atoms with E-state index in [9.17, 15) is 19.6 Å². The number of nitrogens with zero attached hydrogens (tertiary/aromatic N) is 3. The Labute approximate surface area is 122 Å². The lowest BCUT2D eigenvalue weighted by Gasteiger charge is -2.14. The molecule has 1 aromatic rings. The van der Waals surface area contributed by atoms with Crippen LogP contribution in [0.3, 0.4) is 0 Å². The Hall–Kier alpha value is -1.44. The van der Waals surface area contributed by atoms with Crippen LogP contribution in [0.4, 0.5) is 0 Å². The van der Waals surface area contributed by atoms with Gasteiger partial charge in [0.1, 0.15) is 24.6 Å². The number of phosphoric acid groups is 1. The van der Waals surface area contributed by atoms with Gasteiger partial charge in [-0.25, -0.2) is 19.0 Å². The van der Waals surface area contributed by atoms with Crippen LogP contribution in [0, 0.1) is 0 Å². The number of aliphatic hydroxyl groups is 2. The Morgan fingerprint density at radius 3 is 2.73 bits per heavy atom. The maximum Gasteiger partial charge on any atom is 0.469 e. The van der Waals surface area contributed by atoms with Gasteiger partial charge in [-0.15, -0.1) is 5.10 Å². The van der Waals surface area contributed by atoms with E-state index in [0.29, 0.717) is 0 Å². The summed E-state index contributed by atoms with van der Waals surface area (Å²) < 4.78 is 21.0. The van der Waals surface area contributed by atoms with E-state index in [0.717, 1.165) is 11.0 Å². The third-order valence-electron chi connectivity index (χ3n) is 2.80. The molecule has 0 bridgehead atoms. The maximum atomic E-state index is 11.1. The number of ether oxygens (including phenoxy) is 1. The molecule has 124 valence electrons. The predicted molar refractivity (Wildman–Crippen MR) is 63.5 cm³/mol. The highest BCUT2D eigenvalue weighted by Gasteiger charge is 2.45. The molecule has 0 amide bonds. The minimum atomic E-state index is -4.75. The van der Waals surface area contributed by atoms with Crippen molar-refractivity contribution in [3.63, 3.8) is 0 Å². The van der Waals surface area contributed by atoms with Gasteiger partial charge in [0.25, 0.3) is 5.82 Å². The Morgan fingerprint density at radius 1 is 1.45 bits per heavy atom. The molecular formula is C8H13N4O9P. The molecule has 0 aromatic carbocycles. The molecule has 13 nitrogen and oxygen atoms in total. The number of phosphoric ester groups is 1. The Bertz CT molecular complexity index is 588. The number of carbonyl (C=O) groups excluding carboxylic acids is 1. The van der Waals surface area contributed by atoms with Crippen molar-refractivity contribution in [3.8, 4) is 0 Å². The van der Waals surface area contributed by atoms with Gasteiger partial charge in [0.05, 0.1) is 6.61 Å². The highest BCUT2D eigenvalue weighted by molar-refractivity contribution is 7.46. The van der Waals surface area contributed by atoms with Crippen LogP contribution in [0.5, 0.6) is 0 Å². The summed E-state index contributed by atoms with van der Waals surface area (Å²) >= 11 is 0. The SMILES string of the molecule is NOC(=O)c1ncn(C2OC(COP(=O)(O)O)C(O)C2O)n1. The zero-order chi connectivity index (χ0) is 16.5. The maximum absolute atomic E-state index is 11.1. The lowest BCUT2D eigenvalue weighted by Crippen LogP contribution is -2.33. The second-order valence-electron chi connectivity index (χ2n) is 4.29. The summed E-state index contributed by atoms with van der Waals surface area (Å²) in [5.74, 6) is 3.25. The van der Waals surface area contributed by atoms with Gasteiger partial charge in [-0.2, -0.15) is 5.90 Å². The summed E-state index contributed by atoms with van der Waals surface area (Å²) in [6, 6.07) is 0. The van der Waals surface area contributed by atoms with Gasteiger partial charge in [0, 0.05) is 0 Å². The van der Waals surface area contributed by atoms with Gasteiger partial charge in [-0.3, -0.25) is 4.52 Å². The van der Waals surface area contributed by atoms with Crippen molar-refractivity contribution in [2.24, 2.45) is 5.90 Å². The molecule has 2 heterocycles. The zero-order valence-electron chi connectivity index (χ0n) is 10.8. The van der Waals surface area contributed by atoms with Crippen LogP contribution >= 0.6 is 7.82 Å². The summed E-state index contributed by atoms with van der Waals surface area (Å²) in [4.78, 5) is 35.8. The molecule has 0 spiro atoms. The van der Waals surface area contributed by atoms with E-state index in [4.69, 9.17) is 14.5 Å². The molecule has 2 rings (SSSR count). The Balaban J connectivity index is 2.08. The zero-order valence-corrected chi connectivity index (χ0v) is 11.7. The van der Waals surface area contributed by atoms with Crippen molar-refractivity contribution in [1.29, 1.82) is 0 Å². The summed E-state index contributed by atoms with van der Waals surface area (Å²) in [5.41, 5.74) is 0. The minimum absolute atomic E-state index is 0.400. The normalized spacial score (nSPS) is 28.8. The van der Waals surface area contributed by atoms with Crippen molar-refractivity contribution in [2.75, 3.05) is 6.61 Å². The number of hydrogen-bond donors (Lipinski definition) is 5. The van der Waals surface area contributed by atoms with Crippen LogP contribution in [0.2, 0.25) is 0 Å². The molecule has 1 aliphatic heterocycles. The number of carbonyl (C=O) groups is 1. The molecule has 0 radical (unpaired) electrons. The second-order valence-corrected chi connectivity index (χ2v) is 5.53. The summed E-state index contributed by atoms with van der Waals surface area (Å²) in [6.45, 7) is -0.661. The monoisotopic (exact) mass is 340 g/mol. The first-order valence-corrected chi connectivity index (χ1v) is 7.30. The largest absolute Gasteiger partial charge is 0.469 e. The number of nitrogens with two attached hydrogens (primary N) is 1. The van der Waals surface area contributed by atoms with Gasteiger partial charge >= 0.3 is 13.8 Å². The number of hydrogen-bond acceptors (Lipinski definition) is 10. The van der Waals surface area contributed by atoms with Crippen LogP contribution in [0.1, 0.15) is 16.8 Å². The molecule has 1 fully saturated rings. The van der Waals surface area contributed by atoms with Crippen molar-refractivity contribution >= 4 is 13.8 Å². The highest BCUT2D eigenvalue weighted by Crippen LogP contribution is 2.38. The third kappa shape index (κ3) is 3.66. The number of aliphatic hydroxyl groups excluding tert-OH is 2. The minimum Gasteiger partial charge on any atom is -0.387 e. The lowest BCUT2D eigenvalue weighted by atomic mass is 10.1. The van der Waals surface area contributed by atoms with Crippen molar-refractivity contribution in [2.45, 2.75) is 24.5 Å². The first-order chi connectivity index (χ1) is 10.2. The molecule has 1 aromatic heterocycles. The Morgan fingerprint density at radius 2 is 2.14 bits per heavy atom. The second kappa shape index (κ2) is 6.36. The van der Waals surface area contributed by atoms with Crippen LogP contribution < -0.4 is 5.90 Å². The van der Waals surface area contributed by atoms with E-state index in [-0.39, 0.29) is 0 Å². The van der Waals surface area contributed by atoms with Crippen LogP contribution in [-0.2, 0) is 18.7 Å². The van der Waals surface area contributed by atoms with Crippen molar-refractivity contribution in [3.05, 3.63) is 12.2 Å². The van der Waals surface area contributed by atoms with Crippen molar-refractivity contribution < 1.29 is 43.5 Å². The van der Waals surface area contributed by atoms with Crippen molar-refractivity contribution in [1.82, 2.24) is 14.8 Å². The van der Waals surface area contributed by atoms with Crippen LogP contribution in [0.15, 0.2) is 6.33 Å². The molecule has 0 saturated carbocycles. The smallest absolute Gasteiger partial charge is 0.387 e. The highest BCUT2D eigenvalue weighted by atomic mass is 31.2. The van der Waals surface area contributed by atoms with Gasteiger partial charge in [-0.1, -0.05) is 0 Å². The summed E-state index contributed by atoms with van der Waals surface area (Å²) in [7, 11) is -4.75. The molecule has 1 saturated heterocycles. The van der Waals surface area contributed by atoms with Gasteiger partial charge in [0.2, 0.25) is 0 Å². The third-order valence-corrected chi connectivity index (χ3v) is 3.29.